The third-order valence-electron chi connectivity index (χ3n) is 3.00. The molecule has 0 heterocycles. The molecule has 0 aromatic carbocycles. The molecule has 0 aliphatic heterocycles. The number of rotatable bonds is 3. The first-order valence-corrected chi connectivity index (χ1v) is 5.06. The van der Waals surface area contributed by atoms with Crippen LogP contribution in [0.4, 0.5) is 0 Å². The summed E-state index contributed by atoms with van der Waals surface area (Å²) in [6.07, 6.45) is 8.46. The summed E-state index contributed by atoms with van der Waals surface area (Å²) in [7, 11) is 0. The van der Waals surface area contributed by atoms with Crippen molar-refractivity contribution in [2.24, 2.45) is 17.6 Å². The Morgan fingerprint density at radius 1 is 1.08 bits per heavy atom. The van der Waals surface area contributed by atoms with Crippen LogP contribution in [0.25, 0.3) is 0 Å². The predicted octanol–water partition coefficient (Wildman–Crippen LogP) is 2.97. The summed E-state index contributed by atoms with van der Waals surface area (Å²) in [5, 5.41) is 0. The van der Waals surface area contributed by atoms with E-state index in [9.17, 15) is 0 Å². The molecule has 1 fully saturated rings. The van der Waals surface area contributed by atoms with Crippen molar-refractivity contribution in [3.05, 3.63) is 0 Å². The van der Waals surface area contributed by atoms with Gasteiger partial charge in [0.25, 0.3) is 0 Å². The molecule has 0 spiro atoms. The minimum Gasteiger partial charge on any atom is -0.330 e. The smallest absolute Gasteiger partial charge is 0.00489 e. The molecule has 0 radical (unpaired) electrons. The quantitative estimate of drug-likeness (QED) is 0.730. The molecule has 0 unspecified atom stereocenters. The van der Waals surface area contributed by atoms with Gasteiger partial charge in [0, 0.05) is 0 Å². The Hall–Kier alpha value is 0.250. The Labute approximate surface area is 82.5 Å². The lowest BCUT2D eigenvalue weighted by molar-refractivity contribution is 0.267. The van der Waals surface area contributed by atoms with Gasteiger partial charge in [-0.15, -0.1) is 12.4 Å². The lowest BCUT2D eigenvalue weighted by Crippen LogP contribution is -2.21. The number of nitrogens with two attached hydrogens (primary N) is 1. The summed E-state index contributed by atoms with van der Waals surface area (Å²) in [6, 6.07) is 0. The molecule has 74 valence electrons. The molecule has 1 rings (SSSR count). The fourth-order valence-corrected chi connectivity index (χ4v) is 2.16. The van der Waals surface area contributed by atoms with E-state index in [-0.39, 0.29) is 12.4 Å². The van der Waals surface area contributed by atoms with Crippen LogP contribution in [-0.2, 0) is 0 Å². The number of halogens is 1. The van der Waals surface area contributed by atoms with Gasteiger partial charge in [0.2, 0.25) is 0 Å². The van der Waals surface area contributed by atoms with Crippen molar-refractivity contribution in [2.75, 3.05) is 6.54 Å². The molecule has 0 aromatic rings. The van der Waals surface area contributed by atoms with E-state index in [1.165, 1.54) is 38.5 Å². The lowest BCUT2D eigenvalue weighted by Gasteiger charge is -2.27. The zero-order valence-electron chi connectivity index (χ0n) is 8.09. The Balaban J connectivity index is 0.00000121. The second-order valence-electron chi connectivity index (χ2n) is 3.91. The van der Waals surface area contributed by atoms with Gasteiger partial charge in [0.15, 0.2) is 0 Å². The van der Waals surface area contributed by atoms with Crippen LogP contribution in [0.1, 0.15) is 45.4 Å². The van der Waals surface area contributed by atoms with Gasteiger partial charge < -0.3 is 5.73 Å². The fraction of sp³-hybridized carbons (Fsp3) is 1.00. The summed E-state index contributed by atoms with van der Waals surface area (Å²) in [6.45, 7) is 3.20. The third kappa shape index (κ3) is 3.77. The van der Waals surface area contributed by atoms with Crippen LogP contribution in [0.15, 0.2) is 0 Å². The molecule has 0 aromatic heterocycles. The van der Waals surface area contributed by atoms with Gasteiger partial charge in [-0.3, -0.25) is 0 Å². The lowest BCUT2D eigenvalue weighted by atomic mass is 9.80. The normalized spacial score (nSPS) is 29.5. The average molecular weight is 192 g/mol. The first-order valence-electron chi connectivity index (χ1n) is 5.06. The molecule has 2 N–H and O–H groups in total. The minimum absolute atomic E-state index is 0. The van der Waals surface area contributed by atoms with Gasteiger partial charge in [-0.2, -0.15) is 0 Å². The van der Waals surface area contributed by atoms with Gasteiger partial charge in [0.05, 0.1) is 0 Å². The molecular weight excluding hydrogens is 170 g/mol. The summed E-state index contributed by atoms with van der Waals surface area (Å²) in [5.74, 6) is 1.88. The fourth-order valence-electron chi connectivity index (χ4n) is 2.16. The van der Waals surface area contributed by atoms with E-state index >= 15 is 0 Å². The van der Waals surface area contributed by atoms with Gasteiger partial charge >= 0.3 is 0 Å². The predicted molar refractivity (Wildman–Crippen MR) is 56.7 cm³/mol. The van der Waals surface area contributed by atoms with Gasteiger partial charge in [-0.05, 0) is 31.2 Å². The molecule has 12 heavy (non-hydrogen) atoms. The maximum Gasteiger partial charge on any atom is -0.00489 e. The van der Waals surface area contributed by atoms with E-state index in [1.54, 1.807) is 0 Å². The Kier molecular flexibility index (Phi) is 6.87. The van der Waals surface area contributed by atoms with Crippen molar-refractivity contribution in [2.45, 2.75) is 45.4 Å². The van der Waals surface area contributed by atoms with Crippen molar-refractivity contribution in [1.82, 2.24) is 0 Å². The SMILES string of the molecule is CCCC1CCC(CN)CC1.Cl. The van der Waals surface area contributed by atoms with Crippen LogP contribution < -0.4 is 5.73 Å². The highest BCUT2D eigenvalue weighted by Crippen LogP contribution is 2.30. The Morgan fingerprint density at radius 2 is 1.58 bits per heavy atom. The average Bonchev–Trinajstić information content (AvgIpc) is 2.07. The highest BCUT2D eigenvalue weighted by Gasteiger charge is 2.18. The van der Waals surface area contributed by atoms with E-state index in [4.69, 9.17) is 5.73 Å². The number of hydrogen-bond donors (Lipinski definition) is 1. The summed E-state index contributed by atoms with van der Waals surface area (Å²) >= 11 is 0. The zero-order chi connectivity index (χ0) is 8.10. The molecule has 0 amide bonds. The summed E-state index contributed by atoms with van der Waals surface area (Å²) in [5.41, 5.74) is 5.62. The van der Waals surface area contributed by atoms with E-state index < -0.39 is 0 Å². The number of hydrogen-bond acceptors (Lipinski definition) is 1. The van der Waals surface area contributed by atoms with Crippen LogP contribution in [-0.4, -0.2) is 6.54 Å². The molecule has 1 aliphatic carbocycles. The molecule has 1 aliphatic rings. The van der Waals surface area contributed by atoms with Crippen molar-refractivity contribution in [3.63, 3.8) is 0 Å². The van der Waals surface area contributed by atoms with E-state index in [1.807, 2.05) is 0 Å². The first kappa shape index (κ1) is 12.2. The van der Waals surface area contributed by atoms with Crippen LogP contribution in [0, 0.1) is 11.8 Å². The Bertz CT molecular complexity index is 98.0. The Morgan fingerprint density at radius 3 is 2.00 bits per heavy atom. The topological polar surface area (TPSA) is 26.0 Å². The molecule has 0 atom stereocenters. The van der Waals surface area contributed by atoms with E-state index in [0.29, 0.717) is 0 Å². The summed E-state index contributed by atoms with van der Waals surface area (Å²) < 4.78 is 0. The van der Waals surface area contributed by atoms with Gasteiger partial charge in [0.1, 0.15) is 0 Å². The standard InChI is InChI=1S/C10H21N.ClH/c1-2-3-9-4-6-10(8-11)7-5-9;/h9-10H,2-8,11H2,1H3;1H. The van der Waals surface area contributed by atoms with Crippen molar-refractivity contribution in [3.8, 4) is 0 Å². The van der Waals surface area contributed by atoms with Gasteiger partial charge in [-0.25, -0.2) is 0 Å². The molecule has 0 bridgehead atoms. The molecular formula is C10H22ClN. The van der Waals surface area contributed by atoms with E-state index in [0.717, 1.165) is 18.4 Å². The van der Waals surface area contributed by atoms with Crippen molar-refractivity contribution < 1.29 is 0 Å². The van der Waals surface area contributed by atoms with Crippen LogP contribution in [0.2, 0.25) is 0 Å². The third-order valence-corrected chi connectivity index (χ3v) is 3.00. The maximum atomic E-state index is 5.62. The largest absolute Gasteiger partial charge is 0.330 e. The highest BCUT2D eigenvalue weighted by atomic mass is 35.5. The van der Waals surface area contributed by atoms with Crippen LogP contribution >= 0.6 is 12.4 Å². The minimum atomic E-state index is 0. The van der Waals surface area contributed by atoms with Crippen molar-refractivity contribution >= 4 is 12.4 Å². The van der Waals surface area contributed by atoms with Crippen LogP contribution in [0.5, 0.6) is 0 Å². The monoisotopic (exact) mass is 191 g/mol. The highest BCUT2D eigenvalue weighted by molar-refractivity contribution is 5.85. The van der Waals surface area contributed by atoms with Crippen molar-refractivity contribution in [1.29, 1.82) is 0 Å². The van der Waals surface area contributed by atoms with Crippen LogP contribution in [0.3, 0.4) is 0 Å². The summed E-state index contributed by atoms with van der Waals surface area (Å²) in [4.78, 5) is 0. The first-order chi connectivity index (χ1) is 5.36. The maximum absolute atomic E-state index is 5.62. The molecule has 2 heteroatoms. The zero-order valence-corrected chi connectivity index (χ0v) is 8.91. The molecule has 1 saturated carbocycles. The molecule has 1 nitrogen and oxygen atoms in total. The molecule has 0 saturated heterocycles. The second-order valence-corrected chi connectivity index (χ2v) is 3.91. The second kappa shape index (κ2) is 6.73. The van der Waals surface area contributed by atoms with Gasteiger partial charge in [-0.1, -0.05) is 32.6 Å². The van der Waals surface area contributed by atoms with E-state index in [2.05, 4.69) is 6.92 Å².